The summed E-state index contributed by atoms with van der Waals surface area (Å²) in [4.78, 5) is 14.9. The summed E-state index contributed by atoms with van der Waals surface area (Å²) >= 11 is 0. The van der Waals surface area contributed by atoms with Gasteiger partial charge in [0.25, 0.3) is 0 Å². The van der Waals surface area contributed by atoms with Crippen molar-refractivity contribution < 1.29 is 14.3 Å². The first-order valence-electron chi connectivity index (χ1n) is 9.24. The lowest BCUT2D eigenvalue weighted by molar-refractivity contribution is -0.125. The number of nitrogens with one attached hydrogen (secondary N) is 1. The molecule has 1 saturated heterocycles. The van der Waals surface area contributed by atoms with Crippen LogP contribution in [0.5, 0.6) is 11.5 Å². The molecular weight excluding hydrogens is 328 g/mol. The summed E-state index contributed by atoms with van der Waals surface area (Å²) in [6.07, 6.45) is 1.68. The fourth-order valence-corrected chi connectivity index (χ4v) is 3.60. The first-order chi connectivity index (χ1) is 12.8. The standard InChI is InChI=1S/C21H24N2O3/c24-21-18(13-16-5-2-1-3-6-16)23(10-4-9-22-21)15-17-7-8-19-20(14-17)26-12-11-25-19/h1-3,5-8,14,18H,4,9-13,15H2,(H,22,24). The van der Waals surface area contributed by atoms with Crippen molar-refractivity contribution in [2.24, 2.45) is 0 Å². The Morgan fingerprint density at radius 2 is 1.81 bits per heavy atom. The van der Waals surface area contributed by atoms with E-state index in [9.17, 15) is 4.79 Å². The van der Waals surface area contributed by atoms with Crippen molar-refractivity contribution in [1.29, 1.82) is 0 Å². The molecule has 2 heterocycles. The Morgan fingerprint density at radius 3 is 2.65 bits per heavy atom. The van der Waals surface area contributed by atoms with Gasteiger partial charge >= 0.3 is 0 Å². The molecule has 5 nitrogen and oxygen atoms in total. The lowest BCUT2D eigenvalue weighted by Crippen LogP contribution is -2.45. The minimum absolute atomic E-state index is 0.115. The van der Waals surface area contributed by atoms with Gasteiger partial charge in [0, 0.05) is 19.6 Å². The van der Waals surface area contributed by atoms with Crippen LogP contribution >= 0.6 is 0 Å². The van der Waals surface area contributed by atoms with Gasteiger partial charge in [-0.15, -0.1) is 0 Å². The van der Waals surface area contributed by atoms with Gasteiger partial charge in [-0.05, 0) is 36.1 Å². The molecule has 1 unspecified atom stereocenters. The van der Waals surface area contributed by atoms with Crippen molar-refractivity contribution >= 4 is 5.91 Å². The second-order valence-electron chi connectivity index (χ2n) is 6.80. The topological polar surface area (TPSA) is 50.8 Å². The second kappa shape index (κ2) is 7.79. The van der Waals surface area contributed by atoms with Crippen LogP contribution in [0.1, 0.15) is 17.5 Å². The molecule has 0 spiro atoms. The number of nitrogens with zero attached hydrogens (tertiary/aromatic N) is 1. The van der Waals surface area contributed by atoms with E-state index in [1.807, 2.05) is 30.3 Å². The summed E-state index contributed by atoms with van der Waals surface area (Å²) in [7, 11) is 0. The van der Waals surface area contributed by atoms with Gasteiger partial charge in [-0.2, -0.15) is 0 Å². The number of hydrogen-bond donors (Lipinski definition) is 1. The van der Waals surface area contributed by atoms with E-state index in [1.165, 1.54) is 5.56 Å². The fourth-order valence-electron chi connectivity index (χ4n) is 3.60. The molecule has 2 aromatic rings. The largest absolute Gasteiger partial charge is 0.486 e. The Hall–Kier alpha value is -2.53. The van der Waals surface area contributed by atoms with Crippen LogP contribution in [0.25, 0.3) is 0 Å². The highest BCUT2D eigenvalue weighted by atomic mass is 16.6. The molecule has 0 bridgehead atoms. The molecule has 0 radical (unpaired) electrons. The molecule has 1 N–H and O–H groups in total. The SMILES string of the molecule is O=C1NCCCN(Cc2ccc3c(c2)OCCO3)C1Cc1ccccc1. The molecule has 0 saturated carbocycles. The molecule has 1 amide bonds. The first kappa shape index (κ1) is 16.9. The molecule has 136 valence electrons. The van der Waals surface area contributed by atoms with Crippen LogP contribution in [0.15, 0.2) is 48.5 Å². The van der Waals surface area contributed by atoms with Crippen LogP contribution in [-0.2, 0) is 17.8 Å². The molecule has 5 heteroatoms. The van der Waals surface area contributed by atoms with Gasteiger partial charge in [-0.25, -0.2) is 0 Å². The zero-order chi connectivity index (χ0) is 17.8. The molecule has 4 rings (SSSR count). The van der Waals surface area contributed by atoms with Gasteiger partial charge in [-0.3, -0.25) is 9.69 Å². The van der Waals surface area contributed by atoms with Crippen LogP contribution in [0.2, 0.25) is 0 Å². The molecular formula is C21H24N2O3. The van der Waals surface area contributed by atoms with Gasteiger partial charge in [0.2, 0.25) is 5.91 Å². The molecule has 0 aromatic heterocycles. The van der Waals surface area contributed by atoms with E-state index >= 15 is 0 Å². The summed E-state index contributed by atoms with van der Waals surface area (Å²) in [6.45, 7) is 3.53. The van der Waals surface area contributed by atoms with E-state index in [0.717, 1.165) is 49.5 Å². The Labute approximate surface area is 153 Å². The minimum atomic E-state index is -0.159. The molecule has 1 fully saturated rings. The van der Waals surface area contributed by atoms with E-state index in [-0.39, 0.29) is 11.9 Å². The van der Waals surface area contributed by atoms with Gasteiger partial charge < -0.3 is 14.8 Å². The van der Waals surface area contributed by atoms with E-state index in [4.69, 9.17) is 9.47 Å². The van der Waals surface area contributed by atoms with Gasteiger partial charge in [0.05, 0.1) is 6.04 Å². The molecule has 2 aromatic carbocycles. The van der Waals surface area contributed by atoms with Crippen LogP contribution in [-0.4, -0.2) is 43.2 Å². The molecule has 1 atom stereocenters. The van der Waals surface area contributed by atoms with E-state index < -0.39 is 0 Å². The Morgan fingerprint density at radius 1 is 1.00 bits per heavy atom. The number of fused-ring (bicyclic) bond motifs is 1. The summed E-state index contributed by atoms with van der Waals surface area (Å²) in [5, 5.41) is 3.06. The Balaban J connectivity index is 1.54. The van der Waals surface area contributed by atoms with E-state index in [1.54, 1.807) is 0 Å². The maximum atomic E-state index is 12.7. The smallest absolute Gasteiger partial charge is 0.237 e. The van der Waals surface area contributed by atoms with Crippen molar-refractivity contribution in [3.8, 4) is 11.5 Å². The quantitative estimate of drug-likeness (QED) is 0.918. The van der Waals surface area contributed by atoms with Crippen LogP contribution < -0.4 is 14.8 Å². The van der Waals surface area contributed by atoms with Crippen LogP contribution in [0.4, 0.5) is 0 Å². The van der Waals surface area contributed by atoms with Gasteiger partial charge in [0.15, 0.2) is 11.5 Å². The highest BCUT2D eigenvalue weighted by Gasteiger charge is 2.28. The highest BCUT2D eigenvalue weighted by molar-refractivity contribution is 5.82. The summed E-state index contributed by atoms with van der Waals surface area (Å²) < 4.78 is 11.3. The Kier molecular flexibility index (Phi) is 5.07. The third-order valence-corrected chi connectivity index (χ3v) is 4.93. The fraction of sp³-hybridized carbons (Fsp3) is 0.381. The van der Waals surface area contributed by atoms with Gasteiger partial charge in [-0.1, -0.05) is 36.4 Å². The minimum Gasteiger partial charge on any atom is -0.486 e. The maximum Gasteiger partial charge on any atom is 0.237 e. The number of hydrogen-bond acceptors (Lipinski definition) is 4. The number of carbonyl (C=O) groups excluding carboxylic acids is 1. The predicted octanol–water partition coefficient (Wildman–Crippen LogP) is 2.39. The molecule has 26 heavy (non-hydrogen) atoms. The van der Waals surface area contributed by atoms with Crippen molar-refractivity contribution in [2.45, 2.75) is 25.4 Å². The number of amides is 1. The van der Waals surface area contributed by atoms with Gasteiger partial charge in [0.1, 0.15) is 13.2 Å². The van der Waals surface area contributed by atoms with E-state index in [2.05, 4.69) is 28.4 Å². The third kappa shape index (κ3) is 3.83. The normalized spacial score (nSPS) is 20.3. The summed E-state index contributed by atoms with van der Waals surface area (Å²) in [6, 6.07) is 16.1. The zero-order valence-electron chi connectivity index (χ0n) is 14.8. The molecule has 2 aliphatic heterocycles. The van der Waals surface area contributed by atoms with Crippen molar-refractivity contribution in [3.05, 3.63) is 59.7 Å². The monoisotopic (exact) mass is 352 g/mol. The van der Waals surface area contributed by atoms with Crippen LogP contribution in [0, 0.1) is 0 Å². The summed E-state index contributed by atoms with van der Waals surface area (Å²) in [5.41, 5.74) is 2.32. The van der Waals surface area contributed by atoms with E-state index in [0.29, 0.717) is 13.2 Å². The number of benzene rings is 2. The Bertz CT molecular complexity index is 763. The predicted molar refractivity (Wildman–Crippen MR) is 99.4 cm³/mol. The third-order valence-electron chi connectivity index (χ3n) is 4.93. The number of rotatable bonds is 4. The van der Waals surface area contributed by atoms with Crippen molar-refractivity contribution in [1.82, 2.24) is 10.2 Å². The molecule has 0 aliphatic carbocycles. The van der Waals surface area contributed by atoms with Crippen molar-refractivity contribution in [2.75, 3.05) is 26.3 Å². The zero-order valence-corrected chi connectivity index (χ0v) is 14.8. The first-order valence-corrected chi connectivity index (χ1v) is 9.24. The average Bonchev–Trinajstić information content (AvgIpc) is 2.85. The average molecular weight is 352 g/mol. The maximum absolute atomic E-state index is 12.7. The summed E-state index contributed by atoms with van der Waals surface area (Å²) in [5.74, 6) is 1.71. The lowest BCUT2D eigenvalue weighted by atomic mass is 10.0. The molecule has 2 aliphatic rings. The number of ether oxygens (including phenoxy) is 2. The second-order valence-corrected chi connectivity index (χ2v) is 6.80. The van der Waals surface area contributed by atoms with Crippen molar-refractivity contribution in [3.63, 3.8) is 0 Å². The van der Waals surface area contributed by atoms with Crippen LogP contribution in [0.3, 0.4) is 0 Å². The highest BCUT2D eigenvalue weighted by Crippen LogP contribution is 2.31. The number of carbonyl (C=O) groups is 1. The lowest BCUT2D eigenvalue weighted by Gasteiger charge is -2.29.